The molecule has 9 heteroatoms. The van der Waals surface area contributed by atoms with E-state index in [4.69, 9.17) is 9.47 Å². The number of thioether (sulfide) groups is 1. The van der Waals surface area contributed by atoms with Gasteiger partial charge < -0.3 is 14.4 Å². The summed E-state index contributed by atoms with van der Waals surface area (Å²) in [5.41, 5.74) is 4.27. The van der Waals surface area contributed by atoms with E-state index in [1.165, 1.54) is 11.8 Å². The van der Waals surface area contributed by atoms with E-state index in [1.54, 1.807) is 4.68 Å². The Hall–Kier alpha value is -3.07. The molecule has 1 saturated heterocycles. The fourth-order valence-corrected chi connectivity index (χ4v) is 5.17. The number of tetrazole rings is 1. The van der Waals surface area contributed by atoms with Crippen molar-refractivity contribution in [2.45, 2.75) is 37.9 Å². The molecule has 2 aliphatic rings. The Morgan fingerprint density at radius 2 is 1.88 bits per heavy atom. The number of ether oxygens (including phenoxy) is 2. The van der Waals surface area contributed by atoms with E-state index in [2.05, 4.69) is 21.6 Å². The maximum Gasteiger partial charge on any atom is 0.233 e. The molecule has 0 spiro atoms. The standard InChI is InChI=1S/C23H25N5O3S/c1-15-10-16(2)12-18(11-15)28-23(24-25-26-28)32-14-22(29)27-7-3-4-19(27)17-5-6-20-21(13-17)31-9-8-30-20/h5-6,10-13,19H,3-4,7-9,14H2,1-2H3/t19-/m0/s1. The van der Waals surface area contributed by atoms with Gasteiger partial charge in [-0.05, 0) is 78.1 Å². The molecule has 0 unspecified atom stereocenters. The van der Waals surface area contributed by atoms with E-state index < -0.39 is 0 Å². The summed E-state index contributed by atoms with van der Waals surface area (Å²) in [6, 6.07) is 12.2. The van der Waals surface area contributed by atoms with E-state index in [0.717, 1.165) is 53.3 Å². The van der Waals surface area contributed by atoms with Crippen LogP contribution in [0.5, 0.6) is 11.5 Å². The van der Waals surface area contributed by atoms with Crippen LogP contribution in [-0.4, -0.2) is 56.5 Å². The first-order chi connectivity index (χ1) is 15.6. The monoisotopic (exact) mass is 451 g/mol. The topological polar surface area (TPSA) is 82.4 Å². The largest absolute Gasteiger partial charge is 0.486 e. The third kappa shape index (κ3) is 4.17. The van der Waals surface area contributed by atoms with Gasteiger partial charge in [-0.25, -0.2) is 0 Å². The summed E-state index contributed by atoms with van der Waals surface area (Å²) in [6.07, 6.45) is 1.92. The molecule has 8 nitrogen and oxygen atoms in total. The number of aryl methyl sites for hydroxylation is 2. The maximum absolute atomic E-state index is 13.1. The molecule has 1 amide bonds. The van der Waals surface area contributed by atoms with Gasteiger partial charge in [0.25, 0.3) is 0 Å². The molecular formula is C23H25N5O3S. The van der Waals surface area contributed by atoms with Crippen LogP contribution in [0.1, 0.15) is 35.6 Å². The molecule has 1 atom stereocenters. The van der Waals surface area contributed by atoms with Crippen LogP contribution in [0, 0.1) is 13.8 Å². The fourth-order valence-electron chi connectivity index (χ4n) is 4.39. The number of benzene rings is 2. The molecule has 1 aromatic heterocycles. The van der Waals surface area contributed by atoms with Gasteiger partial charge in [0.1, 0.15) is 13.2 Å². The van der Waals surface area contributed by atoms with E-state index in [1.807, 2.05) is 49.1 Å². The minimum atomic E-state index is 0.0503. The summed E-state index contributed by atoms with van der Waals surface area (Å²) in [7, 11) is 0. The first kappa shape index (κ1) is 20.8. The third-order valence-electron chi connectivity index (χ3n) is 5.74. The van der Waals surface area contributed by atoms with E-state index in [-0.39, 0.29) is 17.7 Å². The molecule has 2 aromatic carbocycles. The highest BCUT2D eigenvalue weighted by atomic mass is 32.2. The molecular weight excluding hydrogens is 426 g/mol. The minimum Gasteiger partial charge on any atom is -0.486 e. The molecule has 0 N–H and O–H groups in total. The van der Waals surface area contributed by atoms with E-state index in [9.17, 15) is 4.79 Å². The Balaban J connectivity index is 1.29. The molecule has 3 aromatic rings. The number of nitrogens with zero attached hydrogens (tertiary/aromatic N) is 5. The highest BCUT2D eigenvalue weighted by Gasteiger charge is 2.31. The summed E-state index contributed by atoms with van der Waals surface area (Å²) < 4.78 is 13.1. The number of fused-ring (bicyclic) bond motifs is 1. The molecule has 3 heterocycles. The lowest BCUT2D eigenvalue weighted by molar-refractivity contribution is -0.129. The summed E-state index contributed by atoms with van der Waals surface area (Å²) in [5.74, 6) is 1.90. The highest BCUT2D eigenvalue weighted by molar-refractivity contribution is 7.99. The van der Waals surface area contributed by atoms with Crippen molar-refractivity contribution in [1.82, 2.24) is 25.1 Å². The summed E-state index contributed by atoms with van der Waals surface area (Å²) in [4.78, 5) is 15.1. The van der Waals surface area contributed by atoms with Crippen LogP contribution in [0.2, 0.25) is 0 Å². The SMILES string of the molecule is Cc1cc(C)cc(-n2nnnc2SCC(=O)N2CCC[C@H]2c2ccc3c(c2)OCCO3)c1. The molecule has 0 saturated carbocycles. The molecule has 32 heavy (non-hydrogen) atoms. The van der Waals surface area contributed by atoms with Crippen LogP contribution in [0.15, 0.2) is 41.6 Å². The average Bonchev–Trinajstić information content (AvgIpc) is 3.46. The van der Waals surface area contributed by atoms with Crippen molar-refractivity contribution >= 4 is 17.7 Å². The van der Waals surface area contributed by atoms with Gasteiger partial charge >= 0.3 is 0 Å². The number of likely N-dealkylation sites (tertiary alicyclic amines) is 1. The zero-order chi connectivity index (χ0) is 22.1. The first-order valence-corrected chi connectivity index (χ1v) is 11.8. The smallest absolute Gasteiger partial charge is 0.233 e. The van der Waals surface area contributed by atoms with E-state index in [0.29, 0.717) is 18.4 Å². The van der Waals surface area contributed by atoms with Crippen LogP contribution in [0.25, 0.3) is 5.69 Å². The molecule has 5 rings (SSSR count). The Morgan fingerprint density at radius 1 is 1.09 bits per heavy atom. The van der Waals surface area contributed by atoms with Crippen molar-refractivity contribution in [3.63, 3.8) is 0 Å². The Bertz CT molecular complexity index is 1130. The van der Waals surface area contributed by atoms with Gasteiger partial charge in [-0.1, -0.05) is 23.9 Å². The predicted octanol–water partition coefficient (Wildman–Crippen LogP) is 3.51. The van der Waals surface area contributed by atoms with Crippen molar-refractivity contribution in [2.24, 2.45) is 0 Å². The first-order valence-electron chi connectivity index (χ1n) is 10.8. The van der Waals surface area contributed by atoms with Gasteiger partial charge in [-0.3, -0.25) is 4.79 Å². The van der Waals surface area contributed by atoms with Gasteiger partial charge in [0.15, 0.2) is 11.5 Å². The summed E-state index contributed by atoms with van der Waals surface area (Å²) >= 11 is 1.37. The highest BCUT2D eigenvalue weighted by Crippen LogP contribution is 2.38. The van der Waals surface area contributed by atoms with Crippen molar-refractivity contribution in [1.29, 1.82) is 0 Å². The lowest BCUT2D eigenvalue weighted by Gasteiger charge is -2.26. The van der Waals surface area contributed by atoms with Crippen LogP contribution in [0.3, 0.4) is 0 Å². The second-order valence-electron chi connectivity index (χ2n) is 8.16. The Labute approximate surface area is 190 Å². The quantitative estimate of drug-likeness (QED) is 0.549. The van der Waals surface area contributed by atoms with Gasteiger partial charge in [0.2, 0.25) is 11.1 Å². The molecule has 1 fully saturated rings. The van der Waals surface area contributed by atoms with Gasteiger partial charge in [-0.15, -0.1) is 5.10 Å². The van der Waals surface area contributed by atoms with Crippen molar-refractivity contribution < 1.29 is 14.3 Å². The predicted molar refractivity (Wildman–Crippen MR) is 120 cm³/mol. The summed E-state index contributed by atoms with van der Waals surface area (Å²) in [5, 5.41) is 12.7. The van der Waals surface area contributed by atoms with Crippen molar-refractivity contribution in [3.8, 4) is 17.2 Å². The van der Waals surface area contributed by atoms with Crippen LogP contribution in [0.4, 0.5) is 0 Å². The van der Waals surface area contributed by atoms with Crippen LogP contribution < -0.4 is 9.47 Å². The lowest BCUT2D eigenvalue weighted by atomic mass is 10.0. The number of amides is 1. The van der Waals surface area contributed by atoms with Crippen LogP contribution in [-0.2, 0) is 4.79 Å². The Morgan fingerprint density at radius 3 is 2.69 bits per heavy atom. The molecule has 0 aliphatic carbocycles. The number of aromatic nitrogens is 4. The molecule has 166 valence electrons. The molecule has 0 radical (unpaired) electrons. The number of carbonyl (C=O) groups is 1. The average molecular weight is 452 g/mol. The lowest BCUT2D eigenvalue weighted by Crippen LogP contribution is -2.32. The van der Waals surface area contributed by atoms with Crippen molar-refractivity contribution in [3.05, 3.63) is 53.1 Å². The zero-order valence-corrected chi connectivity index (χ0v) is 19.0. The normalized spacial score (nSPS) is 17.6. The second-order valence-corrected chi connectivity index (χ2v) is 9.10. The summed E-state index contributed by atoms with van der Waals surface area (Å²) in [6.45, 7) is 5.96. The Kier molecular flexibility index (Phi) is 5.73. The number of hydrogen-bond donors (Lipinski definition) is 0. The molecule has 2 aliphatic heterocycles. The van der Waals surface area contributed by atoms with Crippen LogP contribution >= 0.6 is 11.8 Å². The number of hydrogen-bond acceptors (Lipinski definition) is 7. The van der Waals surface area contributed by atoms with Crippen molar-refractivity contribution in [2.75, 3.05) is 25.5 Å². The molecule has 0 bridgehead atoms. The zero-order valence-electron chi connectivity index (χ0n) is 18.2. The minimum absolute atomic E-state index is 0.0503. The van der Waals surface area contributed by atoms with Gasteiger partial charge in [0, 0.05) is 6.54 Å². The van der Waals surface area contributed by atoms with Gasteiger partial charge in [0.05, 0.1) is 17.5 Å². The second kappa shape index (κ2) is 8.82. The fraction of sp³-hybridized carbons (Fsp3) is 0.391. The maximum atomic E-state index is 13.1. The number of rotatable bonds is 5. The number of carbonyl (C=O) groups excluding carboxylic acids is 1. The van der Waals surface area contributed by atoms with Gasteiger partial charge in [-0.2, -0.15) is 4.68 Å². The third-order valence-corrected chi connectivity index (χ3v) is 6.64. The van der Waals surface area contributed by atoms with E-state index >= 15 is 0 Å².